The minimum absolute atomic E-state index is 0.113. The number of carbonyl (C=O) groups excluding carboxylic acids is 1. The molecule has 4 heteroatoms. The molecule has 2 aromatic rings. The van der Waals surface area contributed by atoms with Gasteiger partial charge in [-0.1, -0.05) is 48.5 Å². The van der Waals surface area contributed by atoms with E-state index in [0.717, 1.165) is 11.3 Å². The molecule has 0 aliphatic heterocycles. The largest absolute Gasteiger partial charge is 0.324 e. The monoisotopic (exact) mass is 265 g/mol. The van der Waals surface area contributed by atoms with Gasteiger partial charge in [0.2, 0.25) is 5.91 Å². The summed E-state index contributed by atoms with van der Waals surface area (Å²) in [7, 11) is 0. The smallest absolute Gasteiger partial charge is 0.246 e. The van der Waals surface area contributed by atoms with E-state index >= 15 is 0 Å². The molecule has 0 saturated heterocycles. The maximum absolute atomic E-state index is 12.3. The first-order valence-electron chi connectivity index (χ1n) is 6.32. The first-order valence-corrected chi connectivity index (χ1v) is 6.32. The molecule has 0 saturated carbocycles. The molecule has 0 unspecified atom stereocenters. The van der Waals surface area contributed by atoms with E-state index in [0.29, 0.717) is 0 Å². The number of rotatable bonds is 5. The molecule has 0 aliphatic carbocycles. The summed E-state index contributed by atoms with van der Waals surface area (Å²) in [5.41, 5.74) is 1.56. The fraction of sp³-hybridized carbons (Fsp3) is 0.125. The Kier molecular flexibility index (Phi) is 4.87. The highest BCUT2D eigenvalue weighted by Gasteiger charge is 2.19. The normalized spacial score (nSPS) is 11.3. The average Bonchev–Trinajstić information content (AvgIpc) is 2.50. The number of hydrogen-bond acceptors (Lipinski definition) is 3. The fourth-order valence-electron chi connectivity index (χ4n) is 1.89. The van der Waals surface area contributed by atoms with Crippen LogP contribution >= 0.6 is 0 Å². The molecule has 4 nitrogen and oxygen atoms in total. The molecule has 0 heterocycles. The highest BCUT2D eigenvalue weighted by atomic mass is 16.2. The Morgan fingerprint density at radius 2 is 1.65 bits per heavy atom. The van der Waals surface area contributed by atoms with Crippen LogP contribution in [0.2, 0.25) is 0 Å². The summed E-state index contributed by atoms with van der Waals surface area (Å²) in [6.07, 6.45) is 0. The van der Waals surface area contributed by atoms with Gasteiger partial charge in [-0.05, 0) is 17.7 Å². The molecule has 2 rings (SSSR count). The number of para-hydroxylation sites is 1. The lowest BCUT2D eigenvalue weighted by atomic mass is 10.1. The highest BCUT2D eigenvalue weighted by Crippen LogP contribution is 2.15. The van der Waals surface area contributed by atoms with E-state index in [4.69, 9.17) is 5.26 Å². The van der Waals surface area contributed by atoms with Gasteiger partial charge in [0.1, 0.15) is 6.04 Å². The van der Waals surface area contributed by atoms with Crippen LogP contribution in [0.1, 0.15) is 11.6 Å². The van der Waals surface area contributed by atoms with Gasteiger partial charge in [-0.15, -0.1) is 0 Å². The first-order chi connectivity index (χ1) is 9.81. The van der Waals surface area contributed by atoms with Crippen molar-refractivity contribution < 1.29 is 4.79 Å². The Balaban J connectivity index is 2.14. The lowest BCUT2D eigenvalue weighted by Crippen LogP contribution is -2.33. The summed E-state index contributed by atoms with van der Waals surface area (Å²) in [6.45, 7) is 0.113. The van der Waals surface area contributed by atoms with Gasteiger partial charge in [-0.25, -0.2) is 0 Å². The molecule has 0 bridgehead atoms. The molecule has 0 aromatic heterocycles. The van der Waals surface area contributed by atoms with Gasteiger partial charge in [-0.3, -0.25) is 10.1 Å². The van der Waals surface area contributed by atoms with Crippen molar-refractivity contribution in [1.82, 2.24) is 5.32 Å². The second kappa shape index (κ2) is 7.07. The number of nitrogens with zero attached hydrogens (tertiary/aromatic N) is 1. The lowest BCUT2D eigenvalue weighted by Gasteiger charge is -2.17. The van der Waals surface area contributed by atoms with Crippen molar-refractivity contribution in [3.63, 3.8) is 0 Å². The number of benzene rings is 2. The Labute approximate surface area is 118 Å². The van der Waals surface area contributed by atoms with E-state index in [-0.39, 0.29) is 12.5 Å². The minimum Gasteiger partial charge on any atom is -0.324 e. The van der Waals surface area contributed by atoms with E-state index in [1.807, 2.05) is 66.7 Å². The number of hydrogen-bond donors (Lipinski definition) is 2. The Hall–Kier alpha value is -2.64. The molecule has 2 aromatic carbocycles. The third-order valence-corrected chi connectivity index (χ3v) is 2.82. The topological polar surface area (TPSA) is 64.9 Å². The van der Waals surface area contributed by atoms with E-state index < -0.39 is 6.04 Å². The van der Waals surface area contributed by atoms with Crippen LogP contribution in [0.4, 0.5) is 5.69 Å². The van der Waals surface area contributed by atoms with Gasteiger partial charge in [-0.2, -0.15) is 5.26 Å². The summed E-state index contributed by atoms with van der Waals surface area (Å²) in [6, 6.07) is 20.0. The van der Waals surface area contributed by atoms with Crippen molar-refractivity contribution in [3.8, 4) is 6.07 Å². The van der Waals surface area contributed by atoms with Gasteiger partial charge in [0.25, 0.3) is 0 Å². The van der Waals surface area contributed by atoms with Crippen LogP contribution in [0, 0.1) is 11.3 Å². The summed E-state index contributed by atoms with van der Waals surface area (Å²) in [5.74, 6) is -0.183. The maximum atomic E-state index is 12.3. The average molecular weight is 265 g/mol. The van der Waals surface area contributed by atoms with Crippen molar-refractivity contribution in [3.05, 3.63) is 66.2 Å². The zero-order valence-electron chi connectivity index (χ0n) is 10.9. The van der Waals surface area contributed by atoms with Crippen LogP contribution in [-0.4, -0.2) is 12.5 Å². The molecule has 20 heavy (non-hydrogen) atoms. The van der Waals surface area contributed by atoms with Gasteiger partial charge in [0.15, 0.2) is 0 Å². The van der Waals surface area contributed by atoms with Crippen molar-refractivity contribution in [2.45, 2.75) is 6.04 Å². The SMILES string of the molecule is N#CCN[C@H](C(=O)Nc1ccccc1)c1ccccc1. The molecular weight excluding hydrogens is 250 g/mol. The van der Waals surface area contributed by atoms with E-state index in [1.165, 1.54) is 0 Å². The van der Waals surface area contributed by atoms with E-state index in [9.17, 15) is 4.79 Å². The lowest BCUT2D eigenvalue weighted by molar-refractivity contribution is -0.118. The zero-order chi connectivity index (χ0) is 14.2. The number of anilines is 1. The third-order valence-electron chi connectivity index (χ3n) is 2.82. The summed E-state index contributed by atoms with van der Waals surface area (Å²) >= 11 is 0. The maximum Gasteiger partial charge on any atom is 0.246 e. The molecule has 0 radical (unpaired) electrons. The minimum atomic E-state index is -0.545. The number of nitriles is 1. The molecule has 1 amide bonds. The highest BCUT2D eigenvalue weighted by molar-refractivity contribution is 5.95. The van der Waals surface area contributed by atoms with Crippen LogP contribution < -0.4 is 10.6 Å². The van der Waals surface area contributed by atoms with Gasteiger partial charge >= 0.3 is 0 Å². The Morgan fingerprint density at radius 1 is 1.05 bits per heavy atom. The number of carbonyl (C=O) groups is 1. The first kappa shape index (κ1) is 13.8. The molecule has 1 atom stereocenters. The fourth-order valence-corrected chi connectivity index (χ4v) is 1.89. The Morgan fingerprint density at radius 3 is 2.25 bits per heavy atom. The molecule has 100 valence electrons. The van der Waals surface area contributed by atoms with Crippen LogP contribution in [0.5, 0.6) is 0 Å². The van der Waals surface area contributed by atoms with Gasteiger partial charge in [0, 0.05) is 5.69 Å². The van der Waals surface area contributed by atoms with Gasteiger partial charge in [0.05, 0.1) is 12.6 Å². The number of amides is 1. The van der Waals surface area contributed by atoms with Crippen LogP contribution in [0.25, 0.3) is 0 Å². The van der Waals surface area contributed by atoms with Crippen molar-refractivity contribution >= 4 is 11.6 Å². The molecular formula is C16H15N3O. The molecule has 0 fully saturated rings. The van der Waals surface area contributed by atoms with E-state index in [2.05, 4.69) is 10.6 Å². The van der Waals surface area contributed by atoms with Crippen LogP contribution in [0.15, 0.2) is 60.7 Å². The van der Waals surface area contributed by atoms with Crippen molar-refractivity contribution in [1.29, 1.82) is 5.26 Å². The van der Waals surface area contributed by atoms with Crippen molar-refractivity contribution in [2.75, 3.05) is 11.9 Å². The molecule has 0 aliphatic rings. The summed E-state index contributed by atoms with van der Waals surface area (Å²) in [4.78, 5) is 12.3. The third kappa shape index (κ3) is 3.67. The van der Waals surface area contributed by atoms with Gasteiger partial charge < -0.3 is 5.32 Å². The molecule has 2 N–H and O–H groups in total. The predicted octanol–water partition coefficient (Wildman–Crippen LogP) is 2.48. The standard InChI is InChI=1S/C16H15N3O/c17-11-12-18-15(13-7-3-1-4-8-13)16(20)19-14-9-5-2-6-10-14/h1-10,15,18H,12H2,(H,19,20)/t15-/m0/s1. The quantitative estimate of drug-likeness (QED) is 0.816. The predicted molar refractivity (Wildman–Crippen MR) is 77.9 cm³/mol. The van der Waals surface area contributed by atoms with Crippen LogP contribution in [0.3, 0.4) is 0 Å². The second-order valence-corrected chi connectivity index (χ2v) is 4.24. The second-order valence-electron chi connectivity index (χ2n) is 4.24. The van der Waals surface area contributed by atoms with Crippen LogP contribution in [-0.2, 0) is 4.79 Å². The van der Waals surface area contributed by atoms with Crippen molar-refractivity contribution in [2.24, 2.45) is 0 Å². The number of nitrogens with one attached hydrogen (secondary N) is 2. The summed E-state index contributed by atoms with van der Waals surface area (Å²) < 4.78 is 0. The molecule has 0 spiro atoms. The van der Waals surface area contributed by atoms with E-state index in [1.54, 1.807) is 0 Å². The summed E-state index contributed by atoms with van der Waals surface area (Å²) in [5, 5.41) is 14.5. The Bertz CT molecular complexity index is 590. The zero-order valence-corrected chi connectivity index (χ0v) is 10.9.